The Bertz CT molecular complexity index is 1280. The van der Waals surface area contributed by atoms with Gasteiger partial charge in [0.1, 0.15) is 4.83 Å². The van der Waals surface area contributed by atoms with Gasteiger partial charge in [-0.2, -0.15) is 0 Å². The number of benzene rings is 1. The minimum absolute atomic E-state index is 0.0222. The molecular formula is C25H29N3O4S2. The molecule has 7 nitrogen and oxygen atoms in total. The van der Waals surface area contributed by atoms with Gasteiger partial charge in [0.25, 0.3) is 5.56 Å². The SMILES string of the molecule is C=CCNC(=O)C(C)Sc1nc2sc3c(c2c(=O)n1CCc1ccc(OC)c(OC)c1)CCC3. The highest BCUT2D eigenvalue weighted by Crippen LogP contribution is 2.36. The van der Waals surface area contributed by atoms with E-state index in [1.807, 2.05) is 25.1 Å². The number of carbonyl (C=O) groups is 1. The van der Waals surface area contributed by atoms with E-state index in [0.29, 0.717) is 36.2 Å². The van der Waals surface area contributed by atoms with E-state index in [-0.39, 0.29) is 11.5 Å². The van der Waals surface area contributed by atoms with Crippen LogP contribution in [0.5, 0.6) is 11.5 Å². The highest BCUT2D eigenvalue weighted by Gasteiger charge is 2.25. The van der Waals surface area contributed by atoms with Gasteiger partial charge in [0.2, 0.25) is 5.91 Å². The van der Waals surface area contributed by atoms with Crippen molar-refractivity contribution in [1.82, 2.24) is 14.9 Å². The van der Waals surface area contributed by atoms with E-state index < -0.39 is 5.25 Å². The molecule has 2 heterocycles. The minimum Gasteiger partial charge on any atom is -0.493 e. The third-order valence-corrected chi connectivity index (χ3v) is 8.21. The number of thioether (sulfide) groups is 1. The molecule has 0 spiro atoms. The van der Waals surface area contributed by atoms with Gasteiger partial charge in [-0.25, -0.2) is 4.98 Å². The first-order valence-corrected chi connectivity index (χ1v) is 13.0. The molecule has 1 unspecified atom stereocenters. The molecule has 0 aliphatic heterocycles. The number of rotatable bonds is 10. The van der Waals surface area contributed by atoms with Crippen LogP contribution in [-0.2, 0) is 30.6 Å². The first kappa shape index (κ1) is 24.3. The third kappa shape index (κ3) is 4.86. The van der Waals surface area contributed by atoms with E-state index >= 15 is 0 Å². The Balaban J connectivity index is 1.69. The van der Waals surface area contributed by atoms with Crippen molar-refractivity contribution in [1.29, 1.82) is 0 Å². The van der Waals surface area contributed by atoms with Crippen LogP contribution in [0.2, 0.25) is 0 Å². The molecule has 1 aliphatic rings. The summed E-state index contributed by atoms with van der Waals surface area (Å²) >= 11 is 2.93. The zero-order chi connectivity index (χ0) is 24.2. The number of fused-ring (bicyclic) bond motifs is 3. The van der Waals surface area contributed by atoms with E-state index in [1.165, 1.54) is 16.6 Å². The lowest BCUT2D eigenvalue weighted by molar-refractivity contribution is -0.120. The lowest BCUT2D eigenvalue weighted by Gasteiger charge is -2.16. The van der Waals surface area contributed by atoms with Crippen LogP contribution >= 0.6 is 23.1 Å². The van der Waals surface area contributed by atoms with Crippen molar-refractivity contribution in [2.75, 3.05) is 20.8 Å². The monoisotopic (exact) mass is 499 g/mol. The standard InChI is InChI=1S/C25H29N3O4S2/c1-5-12-26-22(29)15(2)33-25-27-23-21(17-7-6-8-20(17)34-23)24(30)28(25)13-11-16-9-10-18(31-3)19(14-16)32-4/h5,9-10,14-15H,1,6-8,11-13H2,2-4H3,(H,26,29). The van der Waals surface area contributed by atoms with Crippen molar-refractivity contribution >= 4 is 39.2 Å². The largest absolute Gasteiger partial charge is 0.493 e. The summed E-state index contributed by atoms with van der Waals surface area (Å²) in [6, 6.07) is 5.76. The highest BCUT2D eigenvalue weighted by atomic mass is 32.2. The number of aromatic nitrogens is 2. The molecule has 3 aromatic rings. The summed E-state index contributed by atoms with van der Waals surface area (Å²) in [5.74, 6) is 1.20. The van der Waals surface area contributed by atoms with Gasteiger partial charge in [0.05, 0.1) is 24.9 Å². The number of amides is 1. The van der Waals surface area contributed by atoms with Gasteiger partial charge in [-0.05, 0) is 55.9 Å². The second-order valence-corrected chi connectivity index (χ2v) is 10.5. The maximum Gasteiger partial charge on any atom is 0.263 e. The van der Waals surface area contributed by atoms with Crippen LogP contribution in [0.4, 0.5) is 0 Å². The number of nitrogens with one attached hydrogen (secondary N) is 1. The molecule has 0 fully saturated rings. The zero-order valence-corrected chi connectivity index (χ0v) is 21.3. The van der Waals surface area contributed by atoms with Crippen molar-refractivity contribution in [2.45, 2.75) is 49.6 Å². The fourth-order valence-electron chi connectivity index (χ4n) is 4.15. The number of nitrogens with zero attached hydrogens (tertiary/aromatic N) is 2. The number of hydrogen-bond acceptors (Lipinski definition) is 7. The number of methoxy groups -OCH3 is 2. The molecule has 2 aromatic heterocycles. The maximum absolute atomic E-state index is 13.7. The van der Waals surface area contributed by atoms with E-state index in [9.17, 15) is 9.59 Å². The molecule has 180 valence electrons. The molecule has 0 radical (unpaired) electrons. The fourth-order valence-corrected chi connectivity index (χ4v) is 6.41. The number of aryl methyl sites for hydroxylation is 3. The Morgan fingerprint density at radius 1 is 1.32 bits per heavy atom. The Hall–Kier alpha value is -2.78. The summed E-state index contributed by atoms with van der Waals surface area (Å²) in [5, 5.41) is 3.74. The summed E-state index contributed by atoms with van der Waals surface area (Å²) in [5.41, 5.74) is 2.16. The molecule has 4 rings (SSSR count). The molecule has 1 atom stereocenters. The Kier molecular flexibility index (Phi) is 7.63. The van der Waals surface area contributed by atoms with Crippen molar-refractivity contribution < 1.29 is 14.3 Å². The van der Waals surface area contributed by atoms with E-state index in [4.69, 9.17) is 14.5 Å². The molecule has 1 amide bonds. The maximum atomic E-state index is 13.7. The normalized spacial score (nSPS) is 13.5. The lowest BCUT2D eigenvalue weighted by atomic mass is 10.1. The van der Waals surface area contributed by atoms with Crippen molar-refractivity contribution in [3.63, 3.8) is 0 Å². The highest BCUT2D eigenvalue weighted by molar-refractivity contribution is 8.00. The first-order valence-electron chi connectivity index (χ1n) is 11.3. The van der Waals surface area contributed by atoms with Gasteiger partial charge in [0.15, 0.2) is 16.7 Å². The van der Waals surface area contributed by atoms with Crippen LogP contribution in [0.3, 0.4) is 0 Å². The fraction of sp³-hybridized carbons (Fsp3) is 0.400. The second-order valence-electron chi connectivity index (χ2n) is 8.12. The van der Waals surface area contributed by atoms with E-state index in [1.54, 1.807) is 36.2 Å². The van der Waals surface area contributed by atoms with E-state index in [2.05, 4.69) is 11.9 Å². The average Bonchev–Trinajstić information content (AvgIpc) is 3.43. The predicted octanol–water partition coefficient (Wildman–Crippen LogP) is 3.99. The molecular weight excluding hydrogens is 470 g/mol. The number of carbonyl (C=O) groups excluding carboxylic acids is 1. The smallest absolute Gasteiger partial charge is 0.263 e. The van der Waals surface area contributed by atoms with Crippen LogP contribution in [0, 0.1) is 0 Å². The second kappa shape index (κ2) is 10.7. The molecule has 1 N–H and O–H groups in total. The minimum atomic E-state index is -0.400. The van der Waals surface area contributed by atoms with Crippen LogP contribution in [0.1, 0.15) is 29.3 Å². The Morgan fingerprint density at radius 2 is 2.12 bits per heavy atom. The number of thiophene rings is 1. The Labute approximate surface area is 207 Å². The van der Waals surface area contributed by atoms with Crippen LogP contribution in [0.15, 0.2) is 40.8 Å². The summed E-state index contributed by atoms with van der Waals surface area (Å²) in [6.45, 7) is 6.32. The molecule has 0 saturated heterocycles. The summed E-state index contributed by atoms with van der Waals surface area (Å²) in [7, 11) is 3.21. The van der Waals surface area contributed by atoms with Gasteiger partial charge < -0.3 is 14.8 Å². The summed E-state index contributed by atoms with van der Waals surface area (Å²) in [6.07, 6.45) is 5.27. The predicted molar refractivity (Wildman–Crippen MR) is 138 cm³/mol. The third-order valence-electron chi connectivity index (χ3n) is 5.93. The molecule has 0 saturated carbocycles. The van der Waals surface area contributed by atoms with Crippen LogP contribution < -0.4 is 20.3 Å². The molecule has 34 heavy (non-hydrogen) atoms. The van der Waals surface area contributed by atoms with Crippen LogP contribution in [-0.4, -0.2) is 41.5 Å². The van der Waals surface area contributed by atoms with Gasteiger partial charge in [-0.1, -0.05) is 23.9 Å². The van der Waals surface area contributed by atoms with E-state index in [0.717, 1.165) is 40.6 Å². The Morgan fingerprint density at radius 3 is 2.85 bits per heavy atom. The van der Waals surface area contributed by atoms with Crippen molar-refractivity contribution in [3.8, 4) is 11.5 Å². The quantitative estimate of drug-likeness (QED) is 0.258. The summed E-state index contributed by atoms with van der Waals surface area (Å²) < 4.78 is 12.5. The van der Waals surface area contributed by atoms with Crippen molar-refractivity contribution in [3.05, 3.63) is 57.2 Å². The van der Waals surface area contributed by atoms with Crippen LogP contribution in [0.25, 0.3) is 10.2 Å². The lowest BCUT2D eigenvalue weighted by Crippen LogP contribution is -2.32. The van der Waals surface area contributed by atoms with Gasteiger partial charge in [0, 0.05) is 18.0 Å². The van der Waals surface area contributed by atoms with Crippen molar-refractivity contribution in [2.24, 2.45) is 0 Å². The molecule has 9 heteroatoms. The topological polar surface area (TPSA) is 82.5 Å². The summed E-state index contributed by atoms with van der Waals surface area (Å²) in [4.78, 5) is 33.1. The first-order chi connectivity index (χ1) is 16.5. The number of hydrogen-bond donors (Lipinski definition) is 1. The van der Waals surface area contributed by atoms with Gasteiger partial charge >= 0.3 is 0 Å². The average molecular weight is 500 g/mol. The molecule has 1 aliphatic carbocycles. The van der Waals surface area contributed by atoms with Gasteiger partial charge in [-0.3, -0.25) is 14.2 Å². The molecule has 0 bridgehead atoms. The number of ether oxygens (including phenoxy) is 2. The zero-order valence-electron chi connectivity index (χ0n) is 19.7. The van der Waals surface area contributed by atoms with Gasteiger partial charge in [-0.15, -0.1) is 17.9 Å². The molecule has 1 aromatic carbocycles.